The Morgan fingerprint density at radius 3 is 2.33 bits per heavy atom. The molecule has 0 fully saturated rings. The number of aryl methyl sites for hydroxylation is 1. The van der Waals surface area contributed by atoms with Crippen LogP contribution in [0.3, 0.4) is 0 Å². The zero-order valence-electron chi connectivity index (χ0n) is 11.1. The van der Waals surface area contributed by atoms with Crippen molar-refractivity contribution in [3.8, 4) is 22.8 Å². The average molecular weight is 287 g/mol. The fourth-order valence-corrected chi connectivity index (χ4v) is 2.05. The number of anilines is 1. The molecule has 0 radical (unpaired) electrons. The molecular formula is C15H11F2N3O. The van der Waals surface area contributed by atoms with E-state index in [1.54, 1.807) is 13.0 Å². The van der Waals surface area contributed by atoms with E-state index in [0.717, 1.165) is 0 Å². The number of hydrogen-bond acceptors (Lipinski definition) is 4. The minimum atomic E-state index is -0.439. The van der Waals surface area contributed by atoms with Gasteiger partial charge in [-0.25, -0.2) is 8.78 Å². The van der Waals surface area contributed by atoms with Crippen molar-refractivity contribution in [1.82, 2.24) is 10.1 Å². The van der Waals surface area contributed by atoms with Crippen molar-refractivity contribution in [3.05, 3.63) is 53.6 Å². The van der Waals surface area contributed by atoms with E-state index in [4.69, 9.17) is 10.3 Å². The molecule has 21 heavy (non-hydrogen) atoms. The third-order valence-electron chi connectivity index (χ3n) is 3.10. The molecule has 0 unspecified atom stereocenters. The summed E-state index contributed by atoms with van der Waals surface area (Å²) in [4.78, 5) is 4.23. The van der Waals surface area contributed by atoms with Gasteiger partial charge >= 0.3 is 0 Å². The molecule has 1 aromatic heterocycles. The molecule has 6 heteroatoms. The molecule has 0 aliphatic rings. The van der Waals surface area contributed by atoms with Crippen LogP contribution in [-0.4, -0.2) is 10.1 Å². The standard InChI is InChI=1S/C15H11F2N3O/c1-8-6-9(16)2-4-11(8)14-19-15(21-20-14)12-5-3-10(17)7-13(12)18/h2-7H,18H2,1H3. The highest BCUT2D eigenvalue weighted by atomic mass is 19.1. The first-order valence-electron chi connectivity index (χ1n) is 6.20. The molecule has 0 aliphatic heterocycles. The molecular weight excluding hydrogens is 276 g/mol. The molecule has 0 spiro atoms. The molecule has 2 aromatic carbocycles. The molecule has 0 atom stereocenters. The SMILES string of the molecule is Cc1cc(F)ccc1-c1noc(-c2ccc(F)cc2N)n1. The van der Waals surface area contributed by atoms with E-state index in [2.05, 4.69) is 10.1 Å². The lowest BCUT2D eigenvalue weighted by Gasteiger charge is -2.00. The topological polar surface area (TPSA) is 64.9 Å². The van der Waals surface area contributed by atoms with Gasteiger partial charge in [0.05, 0.1) is 5.56 Å². The second kappa shape index (κ2) is 4.97. The van der Waals surface area contributed by atoms with Crippen molar-refractivity contribution in [2.45, 2.75) is 6.92 Å². The van der Waals surface area contributed by atoms with Gasteiger partial charge in [0.1, 0.15) is 11.6 Å². The van der Waals surface area contributed by atoms with Gasteiger partial charge in [0, 0.05) is 11.3 Å². The van der Waals surface area contributed by atoms with E-state index >= 15 is 0 Å². The van der Waals surface area contributed by atoms with Gasteiger partial charge in [-0.1, -0.05) is 5.16 Å². The van der Waals surface area contributed by atoms with Crippen molar-refractivity contribution >= 4 is 5.69 Å². The summed E-state index contributed by atoms with van der Waals surface area (Å²) in [7, 11) is 0. The Bertz CT molecular complexity index is 748. The summed E-state index contributed by atoms with van der Waals surface area (Å²) in [6.45, 7) is 1.75. The number of halogens is 2. The first-order valence-corrected chi connectivity index (χ1v) is 6.20. The maximum absolute atomic E-state index is 13.1. The van der Waals surface area contributed by atoms with E-state index in [-0.39, 0.29) is 17.4 Å². The van der Waals surface area contributed by atoms with Gasteiger partial charge in [-0.2, -0.15) is 4.98 Å². The van der Waals surface area contributed by atoms with Gasteiger partial charge in [0.15, 0.2) is 0 Å². The predicted octanol–water partition coefficient (Wildman–Crippen LogP) is 3.57. The van der Waals surface area contributed by atoms with E-state index < -0.39 is 5.82 Å². The zero-order valence-corrected chi connectivity index (χ0v) is 11.1. The molecule has 0 saturated heterocycles. The number of rotatable bonds is 2. The van der Waals surface area contributed by atoms with E-state index in [1.165, 1.54) is 30.3 Å². The summed E-state index contributed by atoms with van der Waals surface area (Å²) >= 11 is 0. The van der Waals surface area contributed by atoms with Crippen LogP contribution in [0.5, 0.6) is 0 Å². The molecule has 3 aromatic rings. The average Bonchev–Trinajstić information content (AvgIpc) is 2.87. The Morgan fingerprint density at radius 2 is 1.67 bits per heavy atom. The fourth-order valence-electron chi connectivity index (χ4n) is 2.05. The van der Waals surface area contributed by atoms with Gasteiger partial charge in [-0.05, 0) is 48.9 Å². The third kappa shape index (κ3) is 2.47. The van der Waals surface area contributed by atoms with Gasteiger partial charge in [0.2, 0.25) is 5.82 Å². The summed E-state index contributed by atoms with van der Waals surface area (Å²) in [5.41, 5.74) is 7.75. The summed E-state index contributed by atoms with van der Waals surface area (Å²) in [6.07, 6.45) is 0. The largest absolute Gasteiger partial charge is 0.398 e. The van der Waals surface area contributed by atoms with Gasteiger partial charge in [0.25, 0.3) is 5.89 Å². The minimum Gasteiger partial charge on any atom is -0.398 e. The van der Waals surface area contributed by atoms with Crippen LogP contribution in [0.1, 0.15) is 5.56 Å². The molecule has 4 nitrogen and oxygen atoms in total. The summed E-state index contributed by atoms with van der Waals surface area (Å²) in [6, 6.07) is 8.20. The molecule has 2 N–H and O–H groups in total. The Kier molecular flexibility index (Phi) is 3.13. The Balaban J connectivity index is 2.03. The normalized spacial score (nSPS) is 10.8. The number of benzene rings is 2. The van der Waals surface area contributed by atoms with Crippen molar-refractivity contribution in [2.24, 2.45) is 0 Å². The number of nitrogens with zero attached hydrogens (tertiary/aromatic N) is 2. The quantitative estimate of drug-likeness (QED) is 0.732. The molecule has 0 amide bonds. The van der Waals surface area contributed by atoms with Gasteiger partial charge in [-0.15, -0.1) is 0 Å². The van der Waals surface area contributed by atoms with Crippen LogP contribution in [0, 0.1) is 18.6 Å². The van der Waals surface area contributed by atoms with Crippen LogP contribution in [0.2, 0.25) is 0 Å². The summed E-state index contributed by atoms with van der Waals surface area (Å²) < 4.78 is 31.3. The number of hydrogen-bond donors (Lipinski definition) is 1. The van der Waals surface area contributed by atoms with Crippen LogP contribution >= 0.6 is 0 Å². The lowest BCUT2D eigenvalue weighted by Crippen LogP contribution is -1.91. The van der Waals surface area contributed by atoms with Crippen molar-refractivity contribution in [3.63, 3.8) is 0 Å². The highest BCUT2D eigenvalue weighted by molar-refractivity contribution is 5.71. The number of aromatic nitrogens is 2. The monoisotopic (exact) mass is 287 g/mol. The minimum absolute atomic E-state index is 0.186. The lowest BCUT2D eigenvalue weighted by atomic mass is 10.1. The maximum Gasteiger partial charge on any atom is 0.260 e. The van der Waals surface area contributed by atoms with E-state index in [1.807, 2.05) is 0 Å². The first kappa shape index (κ1) is 13.2. The maximum atomic E-state index is 13.1. The number of nitrogens with two attached hydrogens (primary N) is 1. The third-order valence-corrected chi connectivity index (χ3v) is 3.10. The summed E-state index contributed by atoms with van der Waals surface area (Å²) in [5, 5.41) is 3.86. The molecule has 1 heterocycles. The highest BCUT2D eigenvalue weighted by Gasteiger charge is 2.15. The fraction of sp³-hybridized carbons (Fsp3) is 0.0667. The second-order valence-corrected chi connectivity index (χ2v) is 4.61. The van der Waals surface area contributed by atoms with Crippen LogP contribution in [-0.2, 0) is 0 Å². The first-order chi connectivity index (χ1) is 10.0. The molecule has 0 aliphatic carbocycles. The molecule has 0 saturated carbocycles. The van der Waals surface area contributed by atoms with Crippen molar-refractivity contribution < 1.29 is 13.3 Å². The smallest absolute Gasteiger partial charge is 0.260 e. The van der Waals surface area contributed by atoms with Crippen LogP contribution < -0.4 is 5.73 Å². The summed E-state index contributed by atoms with van der Waals surface area (Å²) in [5.74, 6) is -0.259. The predicted molar refractivity (Wildman–Crippen MR) is 74.2 cm³/mol. The Hall–Kier alpha value is -2.76. The Morgan fingerprint density at radius 1 is 1.00 bits per heavy atom. The van der Waals surface area contributed by atoms with Crippen LogP contribution in [0.15, 0.2) is 40.9 Å². The molecule has 3 rings (SSSR count). The van der Waals surface area contributed by atoms with E-state index in [9.17, 15) is 8.78 Å². The van der Waals surface area contributed by atoms with E-state index in [0.29, 0.717) is 22.5 Å². The van der Waals surface area contributed by atoms with Crippen LogP contribution in [0.4, 0.5) is 14.5 Å². The van der Waals surface area contributed by atoms with Gasteiger partial charge in [-0.3, -0.25) is 0 Å². The molecule has 106 valence electrons. The second-order valence-electron chi connectivity index (χ2n) is 4.61. The number of nitrogen functional groups attached to an aromatic ring is 1. The van der Waals surface area contributed by atoms with Crippen molar-refractivity contribution in [2.75, 3.05) is 5.73 Å². The van der Waals surface area contributed by atoms with Crippen molar-refractivity contribution in [1.29, 1.82) is 0 Å². The zero-order chi connectivity index (χ0) is 15.0. The van der Waals surface area contributed by atoms with Crippen LogP contribution in [0.25, 0.3) is 22.8 Å². The van der Waals surface area contributed by atoms with Gasteiger partial charge < -0.3 is 10.3 Å². The Labute approximate surface area is 119 Å². The highest BCUT2D eigenvalue weighted by Crippen LogP contribution is 2.28. The molecule has 0 bridgehead atoms. The lowest BCUT2D eigenvalue weighted by molar-refractivity contribution is 0.432.